The second-order valence-electron chi connectivity index (χ2n) is 6.05. The van der Waals surface area contributed by atoms with Gasteiger partial charge < -0.3 is 11.1 Å². The lowest BCUT2D eigenvalue weighted by atomic mass is 9.86. The van der Waals surface area contributed by atoms with Crippen molar-refractivity contribution in [1.29, 1.82) is 0 Å². The molecule has 2 heteroatoms. The van der Waals surface area contributed by atoms with E-state index in [1.54, 1.807) is 0 Å². The Hall–Kier alpha value is -1.18. The van der Waals surface area contributed by atoms with Crippen LogP contribution >= 0.6 is 0 Å². The number of unbranched alkanes of at least 4 members (excludes halogenated alkanes) is 2. The first-order valence-electron chi connectivity index (χ1n) is 7.04. The molecule has 0 fully saturated rings. The molecule has 0 radical (unpaired) electrons. The summed E-state index contributed by atoms with van der Waals surface area (Å²) in [4.78, 5) is 0. The number of benzene rings is 1. The lowest BCUT2D eigenvalue weighted by Crippen LogP contribution is -2.23. The van der Waals surface area contributed by atoms with Gasteiger partial charge >= 0.3 is 0 Å². The van der Waals surface area contributed by atoms with E-state index >= 15 is 0 Å². The quantitative estimate of drug-likeness (QED) is 0.547. The van der Waals surface area contributed by atoms with Crippen molar-refractivity contribution in [2.45, 2.75) is 53.4 Å². The minimum atomic E-state index is 0.339. The van der Waals surface area contributed by atoms with Gasteiger partial charge in [-0.05, 0) is 36.5 Å². The van der Waals surface area contributed by atoms with E-state index < -0.39 is 0 Å². The molecule has 0 aliphatic heterocycles. The molecule has 18 heavy (non-hydrogen) atoms. The number of anilines is 2. The number of rotatable bonds is 7. The van der Waals surface area contributed by atoms with Crippen molar-refractivity contribution in [3.05, 3.63) is 23.8 Å². The Labute approximate surface area is 112 Å². The van der Waals surface area contributed by atoms with Crippen molar-refractivity contribution in [2.24, 2.45) is 5.41 Å². The Morgan fingerprint density at radius 1 is 1.22 bits per heavy atom. The molecule has 1 aromatic carbocycles. The highest BCUT2D eigenvalue weighted by molar-refractivity contribution is 5.59. The first kappa shape index (κ1) is 14.9. The topological polar surface area (TPSA) is 38.0 Å². The summed E-state index contributed by atoms with van der Waals surface area (Å²) in [5.74, 6) is 0. The van der Waals surface area contributed by atoms with Gasteiger partial charge in [-0.15, -0.1) is 0 Å². The van der Waals surface area contributed by atoms with Gasteiger partial charge in [0.25, 0.3) is 0 Å². The number of nitrogens with two attached hydrogens (primary N) is 1. The zero-order valence-electron chi connectivity index (χ0n) is 12.3. The summed E-state index contributed by atoms with van der Waals surface area (Å²) >= 11 is 0. The van der Waals surface area contributed by atoms with Crippen molar-refractivity contribution in [2.75, 3.05) is 17.6 Å². The second kappa shape index (κ2) is 6.67. The summed E-state index contributed by atoms with van der Waals surface area (Å²) in [7, 11) is 0. The summed E-state index contributed by atoms with van der Waals surface area (Å²) in [6, 6.07) is 6.05. The van der Waals surface area contributed by atoms with Gasteiger partial charge in [0.2, 0.25) is 0 Å². The predicted molar refractivity (Wildman–Crippen MR) is 82.0 cm³/mol. The Bertz CT molecular complexity index is 369. The summed E-state index contributed by atoms with van der Waals surface area (Å²) < 4.78 is 0. The number of hydrogen-bond acceptors (Lipinski definition) is 2. The van der Waals surface area contributed by atoms with Gasteiger partial charge in [-0.25, -0.2) is 0 Å². The van der Waals surface area contributed by atoms with Crippen LogP contribution in [0.15, 0.2) is 18.2 Å². The first-order valence-corrected chi connectivity index (χ1v) is 7.04. The van der Waals surface area contributed by atoms with E-state index in [1.165, 1.54) is 36.9 Å². The minimum Gasteiger partial charge on any atom is -0.399 e. The minimum absolute atomic E-state index is 0.339. The molecule has 0 bridgehead atoms. The number of nitrogens with one attached hydrogen (secondary N) is 1. The molecule has 0 spiro atoms. The van der Waals surface area contributed by atoms with Crippen LogP contribution in [0.2, 0.25) is 0 Å². The fraction of sp³-hybridized carbons (Fsp3) is 0.625. The van der Waals surface area contributed by atoms with Gasteiger partial charge in [0.15, 0.2) is 0 Å². The average molecular weight is 248 g/mol. The lowest BCUT2D eigenvalue weighted by molar-refractivity contribution is 0.342. The van der Waals surface area contributed by atoms with E-state index in [4.69, 9.17) is 5.73 Å². The Morgan fingerprint density at radius 3 is 2.61 bits per heavy atom. The maximum atomic E-state index is 5.83. The van der Waals surface area contributed by atoms with Crippen molar-refractivity contribution in [3.8, 4) is 0 Å². The molecule has 0 aliphatic carbocycles. The highest BCUT2D eigenvalue weighted by Gasteiger charge is 2.17. The maximum absolute atomic E-state index is 5.83. The molecule has 2 nitrogen and oxygen atoms in total. The van der Waals surface area contributed by atoms with Gasteiger partial charge in [0, 0.05) is 17.9 Å². The Morgan fingerprint density at radius 2 is 1.94 bits per heavy atom. The summed E-state index contributed by atoms with van der Waals surface area (Å²) in [6.45, 7) is 10.0. The van der Waals surface area contributed by atoms with E-state index in [-0.39, 0.29) is 0 Å². The number of nitrogen functional groups attached to an aromatic ring is 1. The molecule has 3 N–H and O–H groups in total. The van der Waals surface area contributed by atoms with Crippen molar-refractivity contribution >= 4 is 11.4 Å². The molecular weight excluding hydrogens is 220 g/mol. The van der Waals surface area contributed by atoms with Crippen LogP contribution in [0, 0.1) is 12.3 Å². The van der Waals surface area contributed by atoms with Crippen LogP contribution in [0.3, 0.4) is 0 Å². The molecule has 0 aromatic heterocycles. The Kier molecular flexibility index (Phi) is 5.52. The van der Waals surface area contributed by atoms with Crippen molar-refractivity contribution < 1.29 is 0 Å². The van der Waals surface area contributed by atoms with E-state index in [9.17, 15) is 0 Å². The molecule has 0 heterocycles. The van der Waals surface area contributed by atoms with E-state index in [0.29, 0.717) is 5.41 Å². The fourth-order valence-electron chi connectivity index (χ4n) is 2.11. The highest BCUT2D eigenvalue weighted by atomic mass is 14.9. The van der Waals surface area contributed by atoms with E-state index in [0.717, 1.165) is 12.2 Å². The van der Waals surface area contributed by atoms with Crippen LogP contribution in [0.5, 0.6) is 0 Å². The monoisotopic (exact) mass is 248 g/mol. The molecule has 102 valence electrons. The molecule has 1 rings (SSSR count). The maximum Gasteiger partial charge on any atom is 0.0390 e. The third kappa shape index (κ3) is 4.99. The van der Waals surface area contributed by atoms with Crippen LogP contribution in [-0.2, 0) is 0 Å². The zero-order valence-corrected chi connectivity index (χ0v) is 12.3. The van der Waals surface area contributed by atoms with Gasteiger partial charge in [0.05, 0.1) is 0 Å². The molecule has 0 saturated carbocycles. The third-order valence-corrected chi connectivity index (χ3v) is 3.48. The molecular formula is C16H28N2. The van der Waals surface area contributed by atoms with Crippen molar-refractivity contribution in [1.82, 2.24) is 0 Å². The number of hydrogen-bond donors (Lipinski definition) is 2. The molecule has 0 atom stereocenters. The lowest BCUT2D eigenvalue weighted by Gasteiger charge is -2.26. The molecule has 1 aromatic rings. The SMILES string of the molecule is CCCCCC(C)(C)CNc1cc(N)ccc1C. The van der Waals surface area contributed by atoms with Crippen LogP contribution in [0.25, 0.3) is 0 Å². The fourth-order valence-corrected chi connectivity index (χ4v) is 2.11. The van der Waals surface area contributed by atoms with Crippen LogP contribution in [0.1, 0.15) is 52.0 Å². The van der Waals surface area contributed by atoms with E-state index in [2.05, 4.69) is 39.1 Å². The standard InChI is InChI=1S/C16H28N2/c1-5-6-7-10-16(3,4)12-18-15-11-14(17)9-8-13(15)2/h8-9,11,18H,5-7,10,12,17H2,1-4H3. The van der Waals surface area contributed by atoms with E-state index in [1.807, 2.05) is 12.1 Å². The average Bonchev–Trinajstić information content (AvgIpc) is 2.31. The smallest absolute Gasteiger partial charge is 0.0390 e. The van der Waals surface area contributed by atoms with Crippen LogP contribution < -0.4 is 11.1 Å². The van der Waals surface area contributed by atoms with Crippen LogP contribution in [0.4, 0.5) is 11.4 Å². The predicted octanol–water partition coefficient (Wildman–Crippen LogP) is 4.60. The van der Waals surface area contributed by atoms with Crippen LogP contribution in [-0.4, -0.2) is 6.54 Å². The first-order chi connectivity index (χ1) is 8.44. The van der Waals surface area contributed by atoms with Gasteiger partial charge in [-0.2, -0.15) is 0 Å². The summed E-state index contributed by atoms with van der Waals surface area (Å²) in [5.41, 5.74) is 9.41. The second-order valence-corrected chi connectivity index (χ2v) is 6.05. The molecule has 0 amide bonds. The third-order valence-electron chi connectivity index (χ3n) is 3.48. The van der Waals surface area contributed by atoms with Gasteiger partial charge in [0.1, 0.15) is 0 Å². The highest BCUT2D eigenvalue weighted by Crippen LogP contribution is 2.26. The molecule has 0 aliphatic rings. The molecule has 0 unspecified atom stereocenters. The van der Waals surface area contributed by atoms with Crippen molar-refractivity contribution in [3.63, 3.8) is 0 Å². The largest absolute Gasteiger partial charge is 0.399 e. The summed E-state index contributed by atoms with van der Waals surface area (Å²) in [6.07, 6.45) is 5.22. The van der Waals surface area contributed by atoms with Gasteiger partial charge in [-0.3, -0.25) is 0 Å². The zero-order chi connectivity index (χ0) is 13.6. The molecule has 0 saturated heterocycles. The normalized spacial score (nSPS) is 11.6. The number of aryl methyl sites for hydroxylation is 1. The van der Waals surface area contributed by atoms with Gasteiger partial charge in [-0.1, -0.05) is 46.1 Å². The Balaban J connectivity index is 2.50. The summed E-state index contributed by atoms with van der Waals surface area (Å²) in [5, 5.41) is 3.54.